The Morgan fingerprint density at radius 3 is 0.823 bits per heavy atom. The lowest BCUT2D eigenvalue weighted by Gasteiger charge is -2.18. The van der Waals surface area contributed by atoms with Crippen molar-refractivity contribution in [3.63, 3.8) is 0 Å². The van der Waals surface area contributed by atoms with Crippen molar-refractivity contribution < 1.29 is 28.6 Å². The zero-order chi connectivity index (χ0) is 45.1. The molecule has 0 radical (unpaired) electrons. The Hall–Kier alpha value is -2.11. The van der Waals surface area contributed by atoms with Crippen LogP contribution in [-0.4, -0.2) is 37.2 Å². The second-order valence-corrected chi connectivity index (χ2v) is 18.5. The van der Waals surface area contributed by atoms with Crippen LogP contribution in [0, 0.1) is 0 Å². The van der Waals surface area contributed by atoms with Crippen molar-refractivity contribution >= 4 is 17.9 Å². The number of carbonyl (C=O) groups excluding carboxylic acids is 3. The number of allylic oxidation sites excluding steroid dienone is 4. The van der Waals surface area contributed by atoms with Gasteiger partial charge in [-0.2, -0.15) is 0 Å². The third-order valence-electron chi connectivity index (χ3n) is 12.2. The number of hydrogen-bond acceptors (Lipinski definition) is 6. The van der Waals surface area contributed by atoms with E-state index in [1.165, 1.54) is 186 Å². The van der Waals surface area contributed by atoms with E-state index >= 15 is 0 Å². The number of hydrogen-bond donors (Lipinski definition) is 0. The van der Waals surface area contributed by atoms with Crippen LogP contribution < -0.4 is 0 Å². The van der Waals surface area contributed by atoms with E-state index < -0.39 is 6.10 Å². The van der Waals surface area contributed by atoms with Crippen molar-refractivity contribution in [1.29, 1.82) is 0 Å². The predicted molar refractivity (Wildman–Crippen MR) is 266 cm³/mol. The molecule has 6 heteroatoms. The highest BCUT2D eigenvalue weighted by molar-refractivity contribution is 5.71. The summed E-state index contributed by atoms with van der Waals surface area (Å²) in [5.74, 6) is -0.875. The van der Waals surface area contributed by atoms with Gasteiger partial charge in [-0.1, -0.05) is 231 Å². The third kappa shape index (κ3) is 48.9. The molecular formula is C56H104O6. The summed E-state index contributed by atoms with van der Waals surface area (Å²) >= 11 is 0. The van der Waals surface area contributed by atoms with Crippen molar-refractivity contribution in [3.8, 4) is 0 Å². The highest BCUT2D eigenvalue weighted by atomic mass is 16.6. The maximum Gasteiger partial charge on any atom is 0.306 e. The van der Waals surface area contributed by atoms with Crippen molar-refractivity contribution in [2.24, 2.45) is 0 Å². The minimum absolute atomic E-state index is 0.0732. The van der Waals surface area contributed by atoms with E-state index in [0.29, 0.717) is 19.3 Å². The molecule has 0 amide bonds. The molecule has 0 spiro atoms. The fraction of sp³-hybridized carbons (Fsp3) is 0.875. The molecule has 364 valence electrons. The highest BCUT2D eigenvalue weighted by Crippen LogP contribution is 2.16. The highest BCUT2D eigenvalue weighted by Gasteiger charge is 2.19. The standard InChI is InChI=1S/C56H104O6/c1-4-7-10-13-16-19-22-25-27-28-29-32-34-37-40-43-46-49-55(58)61-52-53(51-60-54(57)48-45-42-39-36-33-30-24-21-18-15-12-9-6-3)62-56(59)50-47-44-41-38-35-31-26-23-20-17-14-11-8-5-2/h21,23-24,26,53H,4-20,22,25,27-52H2,1-3H3/b24-21-,26-23-/t53-/m1/s1. The number of ether oxygens (including phenoxy) is 3. The Balaban J connectivity index is 4.34. The van der Waals surface area contributed by atoms with Crippen molar-refractivity contribution in [2.45, 2.75) is 303 Å². The van der Waals surface area contributed by atoms with E-state index in [9.17, 15) is 14.4 Å². The van der Waals surface area contributed by atoms with Gasteiger partial charge in [-0.3, -0.25) is 14.4 Å². The molecule has 0 saturated carbocycles. The molecule has 0 aliphatic heterocycles. The molecule has 0 aromatic heterocycles. The minimum atomic E-state index is -0.774. The summed E-state index contributed by atoms with van der Waals surface area (Å²) in [5.41, 5.74) is 0. The number of rotatable bonds is 50. The van der Waals surface area contributed by atoms with Crippen LogP contribution in [0.3, 0.4) is 0 Å². The minimum Gasteiger partial charge on any atom is -0.462 e. The summed E-state index contributed by atoms with van der Waals surface area (Å²) in [6, 6.07) is 0. The molecule has 0 aromatic carbocycles. The van der Waals surface area contributed by atoms with Gasteiger partial charge in [-0.15, -0.1) is 0 Å². The van der Waals surface area contributed by atoms with Gasteiger partial charge in [0.1, 0.15) is 13.2 Å². The summed E-state index contributed by atoms with van der Waals surface area (Å²) in [6.45, 7) is 6.64. The van der Waals surface area contributed by atoms with Gasteiger partial charge in [0, 0.05) is 19.3 Å². The van der Waals surface area contributed by atoms with Gasteiger partial charge in [0.15, 0.2) is 6.10 Å². The average molecular weight is 873 g/mol. The lowest BCUT2D eigenvalue weighted by Crippen LogP contribution is -2.30. The molecule has 0 fully saturated rings. The van der Waals surface area contributed by atoms with Crippen LogP contribution in [0.25, 0.3) is 0 Å². The molecule has 0 aromatic rings. The van der Waals surface area contributed by atoms with Gasteiger partial charge < -0.3 is 14.2 Å². The largest absolute Gasteiger partial charge is 0.462 e. The predicted octanol–water partition coefficient (Wildman–Crippen LogP) is 17.9. The number of esters is 3. The van der Waals surface area contributed by atoms with Crippen molar-refractivity contribution in [1.82, 2.24) is 0 Å². The molecule has 6 nitrogen and oxygen atoms in total. The molecule has 0 saturated heterocycles. The van der Waals surface area contributed by atoms with Crippen LogP contribution in [-0.2, 0) is 28.6 Å². The van der Waals surface area contributed by atoms with Crippen molar-refractivity contribution in [3.05, 3.63) is 24.3 Å². The quantitative estimate of drug-likeness (QED) is 0.0262. The zero-order valence-corrected chi connectivity index (χ0v) is 41.7. The van der Waals surface area contributed by atoms with Gasteiger partial charge in [0.25, 0.3) is 0 Å². The summed E-state index contributed by atoms with van der Waals surface area (Å²) in [7, 11) is 0. The van der Waals surface area contributed by atoms with E-state index in [-0.39, 0.29) is 31.1 Å². The average Bonchev–Trinajstić information content (AvgIpc) is 3.27. The monoisotopic (exact) mass is 873 g/mol. The molecule has 1 atom stereocenters. The van der Waals surface area contributed by atoms with Crippen LogP contribution in [0.5, 0.6) is 0 Å². The van der Waals surface area contributed by atoms with Gasteiger partial charge >= 0.3 is 17.9 Å². The zero-order valence-electron chi connectivity index (χ0n) is 41.7. The molecule has 0 rings (SSSR count). The van der Waals surface area contributed by atoms with Crippen molar-refractivity contribution in [2.75, 3.05) is 13.2 Å². The third-order valence-corrected chi connectivity index (χ3v) is 12.2. The van der Waals surface area contributed by atoms with Gasteiger partial charge in [0.05, 0.1) is 0 Å². The summed E-state index contributed by atoms with van der Waals surface area (Å²) in [5, 5.41) is 0. The first-order valence-corrected chi connectivity index (χ1v) is 27.3. The smallest absolute Gasteiger partial charge is 0.306 e. The fourth-order valence-corrected chi connectivity index (χ4v) is 8.02. The first kappa shape index (κ1) is 59.9. The Morgan fingerprint density at radius 1 is 0.306 bits per heavy atom. The molecule has 0 aliphatic carbocycles. The second kappa shape index (κ2) is 51.5. The van der Waals surface area contributed by atoms with Crippen LogP contribution in [0.1, 0.15) is 297 Å². The van der Waals surface area contributed by atoms with E-state index in [2.05, 4.69) is 45.1 Å². The van der Waals surface area contributed by atoms with E-state index in [1.807, 2.05) is 0 Å². The number of unbranched alkanes of at least 4 members (excludes halogenated alkanes) is 35. The first-order valence-electron chi connectivity index (χ1n) is 27.3. The molecule has 0 bridgehead atoms. The fourth-order valence-electron chi connectivity index (χ4n) is 8.02. The van der Waals surface area contributed by atoms with Crippen LogP contribution in [0.4, 0.5) is 0 Å². The number of carbonyl (C=O) groups is 3. The normalized spacial score (nSPS) is 12.1. The Morgan fingerprint density at radius 2 is 0.532 bits per heavy atom. The van der Waals surface area contributed by atoms with E-state index in [1.54, 1.807) is 0 Å². The van der Waals surface area contributed by atoms with Gasteiger partial charge in [0.2, 0.25) is 0 Å². The summed E-state index contributed by atoms with van der Waals surface area (Å²) in [6.07, 6.45) is 58.7. The lowest BCUT2D eigenvalue weighted by molar-refractivity contribution is -0.167. The second-order valence-electron chi connectivity index (χ2n) is 18.5. The van der Waals surface area contributed by atoms with Crippen LogP contribution in [0.15, 0.2) is 24.3 Å². The molecule has 0 N–H and O–H groups in total. The Bertz CT molecular complexity index is 1000. The molecule has 0 unspecified atom stereocenters. The summed E-state index contributed by atoms with van der Waals surface area (Å²) < 4.78 is 16.8. The lowest BCUT2D eigenvalue weighted by atomic mass is 10.0. The molecule has 62 heavy (non-hydrogen) atoms. The Kier molecular flexibility index (Phi) is 49.8. The maximum atomic E-state index is 12.8. The summed E-state index contributed by atoms with van der Waals surface area (Å²) in [4.78, 5) is 38.0. The van der Waals surface area contributed by atoms with E-state index in [4.69, 9.17) is 14.2 Å². The van der Waals surface area contributed by atoms with Crippen LogP contribution >= 0.6 is 0 Å². The topological polar surface area (TPSA) is 78.9 Å². The molecule has 0 aliphatic rings. The SMILES string of the molecule is CCCCCC/C=C\CCCCCCCC(=O)OC[C@H](COC(=O)CCCCCCCCCCCCCCCCCCC)OC(=O)CCCCCCC/C=C\CCCCCCC. The molecular weight excluding hydrogens is 769 g/mol. The first-order chi connectivity index (χ1) is 30.5. The molecule has 0 heterocycles. The van der Waals surface area contributed by atoms with Gasteiger partial charge in [-0.25, -0.2) is 0 Å². The van der Waals surface area contributed by atoms with Crippen LogP contribution in [0.2, 0.25) is 0 Å². The van der Waals surface area contributed by atoms with Gasteiger partial charge in [-0.05, 0) is 70.6 Å². The van der Waals surface area contributed by atoms with E-state index in [0.717, 1.165) is 70.6 Å². The Labute approximate surface area is 385 Å². The maximum absolute atomic E-state index is 12.8.